The molecule has 3 heteroatoms. The van der Waals surface area contributed by atoms with Gasteiger partial charge in [-0.15, -0.1) is 35.9 Å². The van der Waals surface area contributed by atoms with Crippen molar-refractivity contribution in [2.75, 3.05) is 0 Å². The van der Waals surface area contributed by atoms with Crippen molar-refractivity contribution in [3.05, 3.63) is 83.9 Å². The molecule has 1 heterocycles. The van der Waals surface area contributed by atoms with E-state index in [0.29, 0.717) is 11.8 Å². The van der Waals surface area contributed by atoms with Crippen LogP contribution in [0.15, 0.2) is 66.7 Å². The van der Waals surface area contributed by atoms with Gasteiger partial charge >= 0.3 is 0 Å². The fourth-order valence-electron chi connectivity index (χ4n) is 3.74. The Morgan fingerprint density at radius 2 is 1.43 bits per heavy atom. The van der Waals surface area contributed by atoms with Gasteiger partial charge in [-0.05, 0) is 35.1 Å². The Morgan fingerprint density at radius 1 is 0.786 bits per heavy atom. The van der Waals surface area contributed by atoms with Crippen LogP contribution >= 0.6 is 0 Å². The van der Waals surface area contributed by atoms with Gasteiger partial charge in [-0.25, -0.2) is 0 Å². The molecule has 1 radical (unpaired) electrons. The van der Waals surface area contributed by atoms with Crippen LogP contribution in [0.3, 0.4) is 0 Å². The molecule has 0 saturated heterocycles. The molecule has 4 aromatic rings. The van der Waals surface area contributed by atoms with Crippen LogP contribution in [0.4, 0.5) is 0 Å². The first kappa shape index (κ1) is 20.5. The van der Waals surface area contributed by atoms with Gasteiger partial charge < -0.3 is 4.57 Å². The average Bonchev–Trinajstić information content (AvgIpc) is 3.07. The SMILES string of the molecule is CC(C)c1cccc(C(C)C)c1-n1c(-c2[c-]cccc2)nc2ccccc21.[Ir]. The third-order valence-corrected chi connectivity index (χ3v) is 5.08. The van der Waals surface area contributed by atoms with Gasteiger partial charge in [0, 0.05) is 25.8 Å². The average molecular weight is 546 g/mol. The molecule has 145 valence electrons. The number of imidazole rings is 1. The van der Waals surface area contributed by atoms with Gasteiger partial charge in [-0.1, -0.05) is 58.0 Å². The zero-order chi connectivity index (χ0) is 19.0. The fourth-order valence-corrected chi connectivity index (χ4v) is 3.74. The Labute approximate surface area is 181 Å². The number of para-hydroxylation sites is 3. The third kappa shape index (κ3) is 3.57. The van der Waals surface area contributed by atoms with E-state index in [-0.39, 0.29) is 20.1 Å². The number of aromatic nitrogens is 2. The zero-order valence-corrected chi connectivity index (χ0v) is 19.1. The first-order chi connectivity index (χ1) is 13.1. The van der Waals surface area contributed by atoms with E-state index in [1.54, 1.807) is 0 Å². The van der Waals surface area contributed by atoms with Gasteiger partial charge in [0.2, 0.25) is 0 Å². The molecule has 0 amide bonds. The number of hydrogen-bond donors (Lipinski definition) is 0. The Hall–Kier alpha value is -2.22. The van der Waals surface area contributed by atoms with Crippen LogP contribution in [0, 0.1) is 6.07 Å². The van der Waals surface area contributed by atoms with Crippen LogP contribution in [0.2, 0.25) is 0 Å². The van der Waals surface area contributed by atoms with Gasteiger partial charge in [0.05, 0.1) is 16.9 Å². The summed E-state index contributed by atoms with van der Waals surface area (Å²) in [6.45, 7) is 9.04. The molecule has 0 unspecified atom stereocenters. The summed E-state index contributed by atoms with van der Waals surface area (Å²) in [5, 5.41) is 0. The molecule has 0 aliphatic rings. The van der Waals surface area contributed by atoms with Crippen LogP contribution in [-0.2, 0) is 20.1 Å². The van der Waals surface area contributed by atoms with E-state index in [1.165, 1.54) is 16.8 Å². The number of hydrogen-bond acceptors (Lipinski definition) is 1. The predicted molar refractivity (Wildman–Crippen MR) is 114 cm³/mol. The van der Waals surface area contributed by atoms with Crippen LogP contribution in [-0.4, -0.2) is 9.55 Å². The maximum absolute atomic E-state index is 4.99. The number of rotatable bonds is 4. The molecule has 0 fully saturated rings. The van der Waals surface area contributed by atoms with Crippen LogP contribution < -0.4 is 0 Å². The maximum atomic E-state index is 4.99. The second kappa shape index (κ2) is 8.43. The first-order valence-corrected chi connectivity index (χ1v) is 9.65. The molecule has 0 spiro atoms. The fraction of sp³-hybridized carbons (Fsp3) is 0.240. The van der Waals surface area contributed by atoms with Crippen molar-refractivity contribution >= 4 is 11.0 Å². The second-order valence-corrected chi connectivity index (χ2v) is 7.63. The normalized spacial score (nSPS) is 11.2. The molecule has 28 heavy (non-hydrogen) atoms. The predicted octanol–water partition coefficient (Wildman–Crippen LogP) is 6.74. The van der Waals surface area contributed by atoms with E-state index in [4.69, 9.17) is 4.98 Å². The Morgan fingerprint density at radius 3 is 2.04 bits per heavy atom. The molecular weight excluding hydrogens is 521 g/mol. The largest absolute Gasteiger partial charge is 0.333 e. The van der Waals surface area contributed by atoms with E-state index in [2.05, 4.69) is 86.9 Å². The number of benzene rings is 3. The van der Waals surface area contributed by atoms with Crippen LogP contribution in [0.1, 0.15) is 50.7 Å². The van der Waals surface area contributed by atoms with Gasteiger partial charge in [0.25, 0.3) is 0 Å². The van der Waals surface area contributed by atoms with E-state index in [1.807, 2.05) is 18.2 Å². The Balaban J connectivity index is 0.00000225. The summed E-state index contributed by atoms with van der Waals surface area (Å²) >= 11 is 0. The Kier molecular flexibility index (Phi) is 6.17. The topological polar surface area (TPSA) is 17.8 Å². The van der Waals surface area contributed by atoms with Gasteiger partial charge in [0.1, 0.15) is 0 Å². The smallest absolute Gasteiger partial charge is 0.0774 e. The molecular formula is C25H25IrN2-. The summed E-state index contributed by atoms with van der Waals surface area (Å²) in [4.78, 5) is 4.99. The van der Waals surface area contributed by atoms with Gasteiger partial charge in [0.15, 0.2) is 0 Å². The minimum atomic E-state index is 0. The second-order valence-electron chi connectivity index (χ2n) is 7.63. The summed E-state index contributed by atoms with van der Waals surface area (Å²) in [6, 6.07) is 26.5. The summed E-state index contributed by atoms with van der Waals surface area (Å²) < 4.78 is 2.34. The van der Waals surface area contributed by atoms with E-state index < -0.39 is 0 Å². The van der Waals surface area contributed by atoms with Crippen molar-refractivity contribution in [1.82, 2.24) is 9.55 Å². The monoisotopic (exact) mass is 546 g/mol. The molecule has 4 rings (SSSR count). The van der Waals surface area contributed by atoms with Crippen molar-refractivity contribution in [3.8, 4) is 17.1 Å². The molecule has 0 saturated carbocycles. The van der Waals surface area contributed by atoms with Crippen molar-refractivity contribution in [2.24, 2.45) is 0 Å². The summed E-state index contributed by atoms with van der Waals surface area (Å²) in [7, 11) is 0. The van der Waals surface area contributed by atoms with Crippen LogP contribution in [0.5, 0.6) is 0 Å². The molecule has 0 aliphatic heterocycles. The maximum Gasteiger partial charge on any atom is 0.0774 e. The van der Waals surface area contributed by atoms with Gasteiger partial charge in [-0.3, -0.25) is 4.98 Å². The van der Waals surface area contributed by atoms with Crippen molar-refractivity contribution < 1.29 is 20.1 Å². The minimum Gasteiger partial charge on any atom is -0.333 e. The van der Waals surface area contributed by atoms with E-state index >= 15 is 0 Å². The molecule has 0 N–H and O–H groups in total. The zero-order valence-electron chi connectivity index (χ0n) is 16.7. The molecule has 3 aromatic carbocycles. The third-order valence-electron chi connectivity index (χ3n) is 5.08. The molecule has 2 nitrogen and oxygen atoms in total. The van der Waals surface area contributed by atoms with Gasteiger partial charge in [-0.2, -0.15) is 0 Å². The molecule has 0 atom stereocenters. The van der Waals surface area contributed by atoms with E-state index in [0.717, 1.165) is 22.4 Å². The standard InChI is InChI=1S/C25H25N2.Ir/c1-17(2)20-13-10-14-21(18(3)4)24(20)27-23-16-9-8-15-22(23)26-25(27)19-11-6-5-7-12-19;/h5-11,13-18H,1-4H3;/q-1;. The summed E-state index contributed by atoms with van der Waals surface area (Å²) in [6.07, 6.45) is 0. The van der Waals surface area contributed by atoms with Crippen LogP contribution in [0.25, 0.3) is 28.1 Å². The van der Waals surface area contributed by atoms with Crippen molar-refractivity contribution in [1.29, 1.82) is 0 Å². The number of nitrogens with zero attached hydrogens (tertiary/aromatic N) is 2. The first-order valence-electron chi connectivity index (χ1n) is 9.65. The van der Waals surface area contributed by atoms with Crippen molar-refractivity contribution in [2.45, 2.75) is 39.5 Å². The minimum absolute atomic E-state index is 0. The molecule has 1 aromatic heterocycles. The Bertz CT molecular complexity index is 1050. The molecule has 0 aliphatic carbocycles. The number of fused-ring (bicyclic) bond motifs is 1. The molecule has 0 bridgehead atoms. The summed E-state index contributed by atoms with van der Waals surface area (Å²) in [5.74, 6) is 1.80. The van der Waals surface area contributed by atoms with Crippen molar-refractivity contribution in [3.63, 3.8) is 0 Å². The summed E-state index contributed by atoms with van der Waals surface area (Å²) in [5.41, 5.74) is 7.13. The quantitative estimate of drug-likeness (QED) is 0.260. The van der Waals surface area contributed by atoms with E-state index in [9.17, 15) is 0 Å².